The summed E-state index contributed by atoms with van der Waals surface area (Å²) in [6, 6.07) is 9.67. The van der Waals surface area contributed by atoms with Crippen LogP contribution < -0.4 is 5.32 Å². The molecule has 0 saturated heterocycles. The molecule has 3 aromatic rings. The zero-order valence-electron chi connectivity index (χ0n) is 13.4. The molecule has 7 heteroatoms. The molecule has 24 heavy (non-hydrogen) atoms. The van der Waals surface area contributed by atoms with Crippen molar-refractivity contribution in [3.8, 4) is 0 Å². The lowest BCUT2D eigenvalue weighted by molar-refractivity contribution is 0.102. The first-order valence-corrected chi connectivity index (χ1v) is 9.25. The zero-order chi connectivity index (χ0) is 16.9. The first-order valence-electron chi connectivity index (χ1n) is 7.45. The van der Waals surface area contributed by atoms with Crippen molar-refractivity contribution in [3.05, 3.63) is 59.0 Å². The monoisotopic (exact) mass is 359 g/mol. The second kappa shape index (κ2) is 7.63. The predicted molar refractivity (Wildman–Crippen MR) is 96.9 cm³/mol. The van der Waals surface area contributed by atoms with Crippen molar-refractivity contribution in [1.29, 1.82) is 0 Å². The maximum Gasteiger partial charge on any atom is 0.206 e. The van der Waals surface area contributed by atoms with Gasteiger partial charge in [-0.05, 0) is 37.6 Å². The van der Waals surface area contributed by atoms with E-state index in [9.17, 15) is 4.79 Å². The average Bonchev–Trinajstić information content (AvgIpc) is 3.24. The van der Waals surface area contributed by atoms with Gasteiger partial charge < -0.3 is 9.73 Å². The number of rotatable bonds is 7. The van der Waals surface area contributed by atoms with Crippen molar-refractivity contribution < 1.29 is 9.21 Å². The molecule has 1 N–H and O–H groups in total. The van der Waals surface area contributed by atoms with Crippen LogP contribution in [0.1, 0.15) is 27.2 Å². The van der Waals surface area contributed by atoms with E-state index in [2.05, 4.69) is 15.5 Å². The Balaban J connectivity index is 1.55. The van der Waals surface area contributed by atoms with Crippen molar-refractivity contribution in [1.82, 2.24) is 10.2 Å². The maximum atomic E-state index is 12.4. The number of thioether (sulfide) groups is 1. The summed E-state index contributed by atoms with van der Waals surface area (Å²) >= 11 is 2.85. The van der Waals surface area contributed by atoms with E-state index in [-0.39, 0.29) is 5.78 Å². The van der Waals surface area contributed by atoms with Gasteiger partial charge in [0.25, 0.3) is 0 Å². The highest BCUT2D eigenvalue weighted by molar-refractivity contribution is 8.01. The van der Waals surface area contributed by atoms with Crippen LogP contribution in [-0.2, 0) is 6.54 Å². The highest BCUT2D eigenvalue weighted by Gasteiger charge is 2.12. The van der Waals surface area contributed by atoms with Gasteiger partial charge in [-0.25, -0.2) is 0 Å². The minimum Gasteiger partial charge on any atom is -0.467 e. The third-order valence-corrected chi connectivity index (χ3v) is 5.43. The average molecular weight is 359 g/mol. The molecule has 0 unspecified atom stereocenters. The molecule has 3 rings (SSSR count). The van der Waals surface area contributed by atoms with Crippen LogP contribution in [0.4, 0.5) is 5.13 Å². The van der Waals surface area contributed by atoms with Gasteiger partial charge in [-0.2, -0.15) is 0 Å². The fourth-order valence-electron chi connectivity index (χ4n) is 2.16. The molecule has 2 heterocycles. The summed E-state index contributed by atoms with van der Waals surface area (Å²) in [7, 11) is 0. The Morgan fingerprint density at radius 3 is 2.96 bits per heavy atom. The van der Waals surface area contributed by atoms with E-state index in [0.717, 1.165) is 26.8 Å². The van der Waals surface area contributed by atoms with E-state index in [1.807, 2.05) is 44.2 Å². The molecular formula is C17H17N3O2S2. The first-order chi connectivity index (χ1) is 11.6. The number of nitrogens with zero attached hydrogens (tertiary/aromatic N) is 2. The van der Waals surface area contributed by atoms with E-state index in [1.54, 1.807) is 6.26 Å². The van der Waals surface area contributed by atoms with Gasteiger partial charge in [0.1, 0.15) is 5.76 Å². The van der Waals surface area contributed by atoms with Crippen LogP contribution in [0, 0.1) is 13.8 Å². The van der Waals surface area contributed by atoms with Crippen molar-refractivity contribution in [2.75, 3.05) is 11.1 Å². The quantitative estimate of drug-likeness (QED) is 0.500. The van der Waals surface area contributed by atoms with Crippen LogP contribution in [0.25, 0.3) is 0 Å². The number of carbonyl (C=O) groups is 1. The molecule has 0 saturated carbocycles. The molecule has 0 fully saturated rings. The van der Waals surface area contributed by atoms with E-state index in [1.165, 1.54) is 23.1 Å². The molecule has 124 valence electrons. The van der Waals surface area contributed by atoms with Crippen molar-refractivity contribution in [2.45, 2.75) is 24.7 Å². The van der Waals surface area contributed by atoms with Gasteiger partial charge in [0.05, 0.1) is 18.6 Å². The fraction of sp³-hybridized carbons (Fsp3) is 0.235. The second-order valence-corrected chi connectivity index (χ2v) is 7.54. The van der Waals surface area contributed by atoms with Gasteiger partial charge in [-0.1, -0.05) is 40.8 Å². The first kappa shape index (κ1) is 16.7. The highest BCUT2D eigenvalue weighted by Crippen LogP contribution is 2.27. The second-order valence-electron chi connectivity index (χ2n) is 5.34. The Labute approximate surface area is 148 Å². The van der Waals surface area contributed by atoms with Crippen molar-refractivity contribution in [3.63, 3.8) is 0 Å². The van der Waals surface area contributed by atoms with Gasteiger partial charge >= 0.3 is 0 Å². The molecule has 0 aliphatic carbocycles. The van der Waals surface area contributed by atoms with Crippen LogP contribution in [0.15, 0.2) is 45.4 Å². The maximum absolute atomic E-state index is 12.4. The van der Waals surface area contributed by atoms with Crippen molar-refractivity contribution >= 4 is 34.0 Å². The topological polar surface area (TPSA) is 68.0 Å². The van der Waals surface area contributed by atoms with Crippen LogP contribution in [0.3, 0.4) is 0 Å². The lowest BCUT2D eigenvalue weighted by Gasteiger charge is -2.05. The molecule has 0 aliphatic heterocycles. The number of hydrogen-bond acceptors (Lipinski definition) is 7. The molecule has 0 radical (unpaired) electrons. The Hall–Kier alpha value is -2.12. The van der Waals surface area contributed by atoms with Gasteiger partial charge in [-0.15, -0.1) is 10.2 Å². The number of aryl methyl sites for hydroxylation is 2. The molecule has 1 aromatic carbocycles. The van der Waals surface area contributed by atoms with E-state index >= 15 is 0 Å². The molecule has 0 amide bonds. The highest BCUT2D eigenvalue weighted by atomic mass is 32.2. The lowest BCUT2D eigenvalue weighted by atomic mass is 10.0. The lowest BCUT2D eigenvalue weighted by Crippen LogP contribution is -2.05. The summed E-state index contributed by atoms with van der Waals surface area (Å²) in [5, 5.41) is 12.1. The minimum atomic E-state index is 0.112. The third-order valence-electron chi connectivity index (χ3n) is 3.42. The number of Topliss-reactive ketones (excluding diaryl/α,β-unsaturated/α-hetero) is 1. The van der Waals surface area contributed by atoms with Crippen LogP contribution >= 0.6 is 23.1 Å². The molecule has 2 aromatic heterocycles. The Bertz CT molecular complexity index is 828. The Morgan fingerprint density at radius 1 is 1.29 bits per heavy atom. The predicted octanol–water partition coefficient (Wildman–Crippen LogP) is 4.34. The van der Waals surface area contributed by atoms with Gasteiger partial charge in [0.15, 0.2) is 10.1 Å². The van der Waals surface area contributed by atoms with Crippen molar-refractivity contribution in [2.24, 2.45) is 0 Å². The largest absolute Gasteiger partial charge is 0.467 e. The molecule has 0 atom stereocenters. The Morgan fingerprint density at radius 2 is 2.17 bits per heavy atom. The van der Waals surface area contributed by atoms with Gasteiger partial charge in [-0.3, -0.25) is 4.79 Å². The van der Waals surface area contributed by atoms with E-state index in [0.29, 0.717) is 17.4 Å². The molecule has 0 bridgehead atoms. The number of benzene rings is 1. The summed E-state index contributed by atoms with van der Waals surface area (Å²) in [5.74, 6) is 1.31. The SMILES string of the molecule is Cc1ccc(C)c(C(=O)CSc2nnc(NCc3ccco3)s2)c1. The number of nitrogens with one attached hydrogen (secondary N) is 1. The summed E-state index contributed by atoms with van der Waals surface area (Å²) in [4.78, 5) is 12.4. The summed E-state index contributed by atoms with van der Waals surface area (Å²) in [5.41, 5.74) is 2.88. The van der Waals surface area contributed by atoms with Gasteiger partial charge in [0.2, 0.25) is 5.13 Å². The standard InChI is InChI=1S/C17H17N3O2S2/c1-11-5-6-12(2)14(8-11)15(21)10-23-17-20-19-16(24-17)18-9-13-4-3-7-22-13/h3-8H,9-10H2,1-2H3,(H,18,19). The van der Waals surface area contributed by atoms with Crippen LogP contribution in [-0.4, -0.2) is 21.7 Å². The Kier molecular flexibility index (Phi) is 5.32. The molecule has 0 aliphatic rings. The fourth-order valence-corrected chi connectivity index (χ4v) is 3.79. The summed E-state index contributed by atoms with van der Waals surface area (Å²) in [6.45, 7) is 4.51. The molecule has 5 nitrogen and oxygen atoms in total. The summed E-state index contributed by atoms with van der Waals surface area (Å²) < 4.78 is 6.03. The third kappa shape index (κ3) is 4.24. The summed E-state index contributed by atoms with van der Waals surface area (Å²) in [6.07, 6.45) is 1.64. The molecule has 0 spiro atoms. The van der Waals surface area contributed by atoms with Crippen LogP contribution in [0.5, 0.6) is 0 Å². The number of hydrogen-bond donors (Lipinski definition) is 1. The number of ketones is 1. The van der Waals surface area contributed by atoms with E-state index in [4.69, 9.17) is 4.42 Å². The normalized spacial score (nSPS) is 10.8. The zero-order valence-corrected chi connectivity index (χ0v) is 15.0. The number of furan rings is 1. The smallest absolute Gasteiger partial charge is 0.206 e. The number of anilines is 1. The minimum absolute atomic E-state index is 0.112. The number of aromatic nitrogens is 2. The van der Waals surface area contributed by atoms with E-state index < -0.39 is 0 Å². The van der Waals surface area contributed by atoms with Crippen LogP contribution in [0.2, 0.25) is 0 Å². The molecular weight excluding hydrogens is 342 g/mol. The number of carbonyl (C=O) groups excluding carboxylic acids is 1. The van der Waals surface area contributed by atoms with Gasteiger partial charge in [0, 0.05) is 5.56 Å².